The highest BCUT2D eigenvalue weighted by atomic mass is 16.5. The Hall–Kier alpha value is -1.15. The lowest BCUT2D eigenvalue weighted by Gasteiger charge is -2.27. The van der Waals surface area contributed by atoms with Crippen LogP contribution in [0.5, 0.6) is 0 Å². The number of aryl methyl sites for hydroxylation is 1. The van der Waals surface area contributed by atoms with Crippen LogP contribution in [0.2, 0.25) is 0 Å². The maximum absolute atomic E-state index is 12.6. The number of hydrogen-bond donors (Lipinski definition) is 0. The fourth-order valence-corrected chi connectivity index (χ4v) is 2.81. The molecule has 0 saturated heterocycles. The van der Waals surface area contributed by atoms with E-state index in [0.29, 0.717) is 6.61 Å². The summed E-state index contributed by atoms with van der Waals surface area (Å²) in [5, 5.41) is 0. The van der Waals surface area contributed by atoms with Crippen LogP contribution in [0, 0.1) is 0 Å². The topological polar surface area (TPSA) is 26.3 Å². The quantitative estimate of drug-likeness (QED) is 0.739. The van der Waals surface area contributed by atoms with E-state index in [1.807, 2.05) is 31.2 Å². The summed E-state index contributed by atoms with van der Waals surface area (Å²) in [6.07, 6.45) is 4.94. The third-order valence-corrected chi connectivity index (χ3v) is 3.87. The molecule has 0 unspecified atom stereocenters. The Balaban J connectivity index is 2.22. The molecule has 0 aromatic heterocycles. The molecular formula is C16H22O2. The minimum Gasteiger partial charge on any atom is -0.367 e. The summed E-state index contributed by atoms with van der Waals surface area (Å²) >= 11 is 0. The van der Waals surface area contributed by atoms with Crippen LogP contribution in [0.1, 0.15) is 55.5 Å². The summed E-state index contributed by atoms with van der Waals surface area (Å²) in [4.78, 5) is 12.6. The first kappa shape index (κ1) is 13.3. The van der Waals surface area contributed by atoms with Crippen molar-refractivity contribution in [3.05, 3.63) is 35.4 Å². The first-order valence-electron chi connectivity index (χ1n) is 6.99. The molecule has 1 saturated carbocycles. The van der Waals surface area contributed by atoms with E-state index >= 15 is 0 Å². The van der Waals surface area contributed by atoms with E-state index in [4.69, 9.17) is 4.74 Å². The number of rotatable bonds is 5. The second-order valence-corrected chi connectivity index (χ2v) is 5.01. The van der Waals surface area contributed by atoms with Gasteiger partial charge in [0.1, 0.15) is 5.60 Å². The smallest absolute Gasteiger partial charge is 0.194 e. The fourth-order valence-electron chi connectivity index (χ4n) is 2.81. The summed E-state index contributed by atoms with van der Waals surface area (Å²) in [5.41, 5.74) is 1.52. The Kier molecular flexibility index (Phi) is 4.18. The fraction of sp³-hybridized carbons (Fsp3) is 0.562. The van der Waals surface area contributed by atoms with Crippen LogP contribution in [-0.2, 0) is 11.2 Å². The zero-order valence-corrected chi connectivity index (χ0v) is 11.4. The molecular weight excluding hydrogens is 224 g/mol. The first-order valence-corrected chi connectivity index (χ1v) is 6.99. The molecule has 18 heavy (non-hydrogen) atoms. The predicted octanol–water partition coefficient (Wildman–Crippen LogP) is 3.78. The molecule has 2 nitrogen and oxygen atoms in total. The second kappa shape index (κ2) is 5.66. The van der Waals surface area contributed by atoms with Gasteiger partial charge in [-0.3, -0.25) is 4.79 Å². The van der Waals surface area contributed by atoms with Crippen LogP contribution in [0.3, 0.4) is 0 Å². The molecule has 2 heteroatoms. The van der Waals surface area contributed by atoms with Crippen LogP contribution in [-0.4, -0.2) is 18.0 Å². The number of Topliss-reactive ketones (excluding diaryl/α,β-unsaturated/α-hetero) is 1. The van der Waals surface area contributed by atoms with Gasteiger partial charge in [0.25, 0.3) is 0 Å². The second-order valence-electron chi connectivity index (χ2n) is 5.01. The zero-order chi connectivity index (χ0) is 13.0. The van der Waals surface area contributed by atoms with Gasteiger partial charge >= 0.3 is 0 Å². The van der Waals surface area contributed by atoms with Crippen molar-refractivity contribution in [3.8, 4) is 0 Å². The lowest BCUT2D eigenvalue weighted by atomic mass is 9.90. The Morgan fingerprint density at radius 2 is 1.78 bits per heavy atom. The Labute approximate surface area is 109 Å². The minimum absolute atomic E-state index is 0.171. The molecule has 1 aromatic carbocycles. The summed E-state index contributed by atoms with van der Waals surface area (Å²) in [6, 6.07) is 7.98. The van der Waals surface area contributed by atoms with E-state index < -0.39 is 5.60 Å². The number of hydrogen-bond acceptors (Lipinski definition) is 2. The lowest BCUT2D eigenvalue weighted by molar-refractivity contribution is -0.0163. The molecule has 0 N–H and O–H groups in total. The Morgan fingerprint density at radius 1 is 1.17 bits per heavy atom. The molecule has 98 valence electrons. The van der Waals surface area contributed by atoms with Crippen LogP contribution < -0.4 is 0 Å². The predicted molar refractivity (Wildman–Crippen MR) is 73.0 cm³/mol. The number of ether oxygens (including phenoxy) is 1. The van der Waals surface area contributed by atoms with Gasteiger partial charge in [-0.05, 0) is 44.6 Å². The number of benzene rings is 1. The molecule has 1 fully saturated rings. The van der Waals surface area contributed by atoms with Crippen molar-refractivity contribution in [2.75, 3.05) is 6.61 Å². The molecule has 1 aliphatic rings. The third-order valence-electron chi connectivity index (χ3n) is 3.87. The summed E-state index contributed by atoms with van der Waals surface area (Å²) in [7, 11) is 0. The van der Waals surface area contributed by atoms with Crippen molar-refractivity contribution in [2.45, 2.75) is 51.6 Å². The SMILES string of the molecule is CCOC1(C(=O)c2ccc(CC)cc2)CCCC1. The number of carbonyl (C=O) groups excluding carboxylic acids is 1. The highest BCUT2D eigenvalue weighted by molar-refractivity contribution is 6.02. The van der Waals surface area contributed by atoms with Gasteiger partial charge in [0, 0.05) is 12.2 Å². The maximum atomic E-state index is 12.6. The van der Waals surface area contributed by atoms with Crippen molar-refractivity contribution >= 4 is 5.78 Å². The molecule has 0 radical (unpaired) electrons. The van der Waals surface area contributed by atoms with Gasteiger partial charge in [-0.15, -0.1) is 0 Å². The van der Waals surface area contributed by atoms with Gasteiger partial charge in [-0.1, -0.05) is 31.2 Å². The monoisotopic (exact) mass is 246 g/mol. The van der Waals surface area contributed by atoms with Gasteiger partial charge < -0.3 is 4.74 Å². The molecule has 0 aliphatic heterocycles. The van der Waals surface area contributed by atoms with Crippen molar-refractivity contribution in [3.63, 3.8) is 0 Å². The van der Waals surface area contributed by atoms with Gasteiger partial charge in [0.2, 0.25) is 0 Å². The van der Waals surface area contributed by atoms with E-state index in [9.17, 15) is 4.79 Å². The molecule has 1 aromatic rings. The Morgan fingerprint density at radius 3 is 2.28 bits per heavy atom. The van der Waals surface area contributed by atoms with E-state index in [-0.39, 0.29) is 5.78 Å². The van der Waals surface area contributed by atoms with Crippen LogP contribution >= 0.6 is 0 Å². The number of carbonyl (C=O) groups is 1. The molecule has 1 aliphatic carbocycles. The summed E-state index contributed by atoms with van der Waals surface area (Å²) < 4.78 is 5.81. The van der Waals surface area contributed by atoms with Crippen LogP contribution in [0.4, 0.5) is 0 Å². The highest BCUT2D eigenvalue weighted by Gasteiger charge is 2.42. The van der Waals surface area contributed by atoms with Crippen LogP contribution in [0.25, 0.3) is 0 Å². The standard InChI is InChI=1S/C16H22O2/c1-3-13-7-9-14(10-8-13)15(17)16(18-4-2)11-5-6-12-16/h7-10H,3-6,11-12H2,1-2H3. The normalized spacial score (nSPS) is 17.9. The van der Waals surface area contributed by atoms with Crippen molar-refractivity contribution < 1.29 is 9.53 Å². The average molecular weight is 246 g/mol. The van der Waals surface area contributed by atoms with E-state index in [0.717, 1.165) is 37.7 Å². The average Bonchev–Trinajstić information content (AvgIpc) is 2.88. The maximum Gasteiger partial charge on any atom is 0.194 e. The summed E-state index contributed by atoms with van der Waals surface area (Å²) in [5.74, 6) is 0.171. The van der Waals surface area contributed by atoms with Gasteiger partial charge in [0.15, 0.2) is 5.78 Å². The lowest BCUT2D eigenvalue weighted by Crippen LogP contribution is -2.38. The highest BCUT2D eigenvalue weighted by Crippen LogP contribution is 2.36. The first-order chi connectivity index (χ1) is 8.72. The van der Waals surface area contributed by atoms with Gasteiger partial charge in [-0.2, -0.15) is 0 Å². The summed E-state index contributed by atoms with van der Waals surface area (Å²) in [6.45, 7) is 4.70. The van der Waals surface area contributed by atoms with E-state index in [1.54, 1.807) is 0 Å². The molecule has 0 amide bonds. The van der Waals surface area contributed by atoms with E-state index in [1.165, 1.54) is 5.56 Å². The van der Waals surface area contributed by atoms with E-state index in [2.05, 4.69) is 6.92 Å². The molecule has 0 bridgehead atoms. The third kappa shape index (κ3) is 2.49. The largest absolute Gasteiger partial charge is 0.367 e. The van der Waals surface area contributed by atoms with Crippen LogP contribution in [0.15, 0.2) is 24.3 Å². The molecule has 2 rings (SSSR count). The van der Waals surface area contributed by atoms with Gasteiger partial charge in [0.05, 0.1) is 0 Å². The van der Waals surface area contributed by atoms with Crippen molar-refractivity contribution in [1.29, 1.82) is 0 Å². The molecule has 0 spiro atoms. The minimum atomic E-state index is -0.539. The zero-order valence-electron chi connectivity index (χ0n) is 11.4. The number of ketones is 1. The van der Waals surface area contributed by atoms with Crippen molar-refractivity contribution in [2.24, 2.45) is 0 Å². The molecule has 0 heterocycles. The Bertz CT molecular complexity index is 400. The molecule has 0 atom stereocenters. The van der Waals surface area contributed by atoms with Crippen molar-refractivity contribution in [1.82, 2.24) is 0 Å². The van der Waals surface area contributed by atoms with Gasteiger partial charge in [-0.25, -0.2) is 0 Å².